The second kappa shape index (κ2) is 24.1. The molecule has 0 amide bonds. The summed E-state index contributed by atoms with van der Waals surface area (Å²) in [6.07, 6.45) is 0. The number of nitrogens with zero attached hydrogens (tertiary/aromatic N) is 10. The standard InChI is InChI=1S/C43H27N5.C39H25N5/c1-3-11-31(12-4-1)41-46-42(32-13-5-2-6-14-32)48-43(47-41)38-25-23-30-19-21-34(27-40(30)45-38)37-24-22-29-18-20-33(26-39(29)44-37)36-17-9-15-28-10-7-8-16-35(28)36;1-4-10-26(11-5-1)31-18-16-27-20-22-33(40-35(27)24-31)32-19-17-28-21-23-34(41-36(28)25-32)39-43-37(29-12-6-2-7-13-29)42-38(44-39)30-14-8-3-9-15-30/h1-27H;1-25H. The van der Waals surface area contributed by atoms with Gasteiger partial charge in [0.2, 0.25) is 0 Å². The highest BCUT2D eigenvalue weighted by molar-refractivity contribution is 5.99. The maximum Gasteiger partial charge on any atom is 0.182 e. The molecular weight excluding hydrogens is 1120 g/mol. The van der Waals surface area contributed by atoms with Crippen molar-refractivity contribution in [1.82, 2.24) is 49.8 Å². The molecule has 0 unspecified atom stereocenters. The van der Waals surface area contributed by atoms with E-state index in [1.54, 1.807) is 0 Å². The molecule has 17 aromatic rings. The van der Waals surface area contributed by atoms with E-state index in [0.717, 1.165) is 99.5 Å². The number of hydrogen-bond acceptors (Lipinski definition) is 10. The van der Waals surface area contributed by atoms with Crippen LogP contribution in [0, 0.1) is 0 Å². The van der Waals surface area contributed by atoms with Crippen LogP contribution in [-0.4, -0.2) is 49.8 Å². The zero-order valence-corrected chi connectivity index (χ0v) is 49.5. The highest BCUT2D eigenvalue weighted by Crippen LogP contribution is 2.35. The smallest absolute Gasteiger partial charge is 0.182 e. The van der Waals surface area contributed by atoms with Crippen LogP contribution in [0.2, 0.25) is 0 Å². The van der Waals surface area contributed by atoms with Gasteiger partial charge in [0.25, 0.3) is 0 Å². The van der Waals surface area contributed by atoms with E-state index in [2.05, 4.69) is 176 Å². The van der Waals surface area contributed by atoms with Gasteiger partial charge in [0, 0.05) is 54.9 Å². The van der Waals surface area contributed by atoms with Crippen molar-refractivity contribution in [3.05, 3.63) is 315 Å². The Hall–Kier alpha value is -12.7. The first kappa shape index (κ1) is 54.7. The van der Waals surface area contributed by atoms with Gasteiger partial charge in [0.1, 0.15) is 11.4 Å². The molecule has 11 aromatic carbocycles. The Morgan fingerprint density at radius 3 is 0.870 bits per heavy atom. The normalized spacial score (nSPS) is 11.3. The van der Waals surface area contributed by atoms with E-state index in [9.17, 15) is 0 Å². The molecule has 6 heterocycles. The molecule has 0 N–H and O–H groups in total. The van der Waals surface area contributed by atoms with Gasteiger partial charge in [-0.05, 0) is 81.6 Å². The summed E-state index contributed by atoms with van der Waals surface area (Å²) in [4.78, 5) is 49.4. The van der Waals surface area contributed by atoms with Gasteiger partial charge in [-0.3, -0.25) is 0 Å². The van der Waals surface area contributed by atoms with Crippen molar-refractivity contribution >= 4 is 54.4 Å². The maximum absolute atomic E-state index is 5.13. The zero-order chi connectivity index (χ0) is 61.2. The number of hydrogen-bond donors (Lipinski definition) is 0. The Balaban J connectivity index is 0.000000147. The Morgan fingerprint density at radius 1 is 0.152 bits per heavy atom. The van der Waals surface area contributed by atoms with Crippen molar-refractivity contribution < 1.29 is 0 Å². The highest BCUT2D eigenvalue weighted by atomic mass is 15.1. The molecule has 0 bridgehead atoms. The van der Waals surface area contributed by atoms with Gasteiger partial charge in [0.05, 0.1) is 33.5 Å². The average Bonchev–Trinajstić information content (AvgIpc) is 0.870. The SMILES string of the molecule is c1ccc(-c2ccc3ccc(-c4ccc5ccc(-c6nc(-c7ccccc7)nc(-c7ccccc7)n6)nc5c4)nc3c2)cc1.c1ccc(-c2nc(-c3ccccc3)nc(-c3ccc4ccc(-c5ccc6ccc(-c7cccc8ccccc78)cc6n5)cc4n3)n2)cc1. The fourth-order valence-electron chi connectivity index (χ4n) is 11.7. The van der Waals surface area contributed by atoms with Gasteiger partial charge in [-0.1, -0.05) is 267 Å². The molecule has 0 spiro atoms. The lowest BCUT2D eigenvalue weighted by Gasteiger charge is -2.10. The Morgan fingerprint density at radius 2 is 0.446 bits per heavy atom. The fourth-order valence-corrected chi connectivity index (χ4v) is 11.7. The van der Waals surface area contributed by atoms with Crippen LogP contribution in [0.15, 0.2) is 315 Å². The van der Waals surface area contributed by atoms with Crippen LogP contribution < -0.4 is 0 Å². The fraction of sp³-hybridized carbons (Fsp3) is 0. The monoisotopic (exact) mass is 1180 g/mol. The van der Waals surface area contributed by atoms with E-state index in [-0.39, 0.29) is 0 Å². The van der Waals surface area contributed by atoms with Gasteiger partial charge >= 0.3 is 0 Å². The second-order valence-corrected chi connectivity index (χ2v) is 22.4. The summed E-state index contributed by atoms with van der Waals surface area (Å²) >= 11 is 0. The molecule has 0 saturated heterocycles. The van der Waals surface area contributed by atoms with Gasteiger partial charge in [0.15, 0.2) is 34.9 Å². The molecule has 0 aliphatic heterocycles. The van der Waals surface area contributed by atoms with E-state index < -0.39 is 0 Å². The number of aromatic nitrogens is 10. The van der Waals surface area contributed by atoms with E-state index in [4.69, 9.17) is 49.8 Å². The highest BCUT2D eigenvalue weighted by Gasteiger charge is 2.17. The van der Waals surface area contributed by atoms with E-state index in [1.165, 1.54) is 21.9 Å². The lowest BCUT2D eigenvalue weighted by atomic mass is 9.97. The minimum Gasteiger partial charge on any atom is -0.248 e. The Kier molecular flexibility index (Phi) is 14.4. The lowest BCUT2D eigenvalue weighted by Crippen LogP contribution is -2.01. The van der Waals surface area contributed by atoms with Gasteiger partial charge in [-0.15, -0.1) is 0 Å². The molecule has 6 aromatic heterocycles. The molecule has 0 radical (unpaired) electrons. The van der Waals surface area contributed by atoms with E-state index in [0.29, 0.717) is 46.3 Å². The summed E-state index contributed by atoms with van der Waals surface area (Å²) in [5.74, 6) is 3.50. The predicted molar refractivity (Wildman–Crippen MR) is 373 cm³/mol. The third-order valence-corrected chi connectivity index (χ3v) is 16.4. The molecule has 10 nitrogen and oxygen atoms in total. The topological polar surface area (TPSA) is 129 Å². The molecule has 10 heteroatoms. The van der Waals surface area contributed by atoms with Crippen molar-refractivity contribution in [2.24, 2.45) is 0 Å². The zero-order valence-electron chi connectivity index (χ0n) is 49.5. The summed E-state index contributed by atoms with van der Waals surface area (Å²) in [6, 6.07) is 107. The molecule has 430 valence electrons. The second-order valence-electron chi connectivity index (χ2n) is 22.4. The van der Waals surface area contributed by atoms with Crippen molar-refractivity contribution in [3.63, 3.8) is 0 Å². The molecule has 0 aliphatic carbocycles. The number of pyridine rings is 4. The molecule has 0 saturated carbocycles. The number of benzene rings is 11. The predicted octanol–water partition coefficient (Wildman–Crippen LogP) is 19.8. The summed E-state index contributed by atoms with van der Waals surface area (Å²) in [7, 11) is 0. The third-order valence-electron chi connectivity index (χ3n) is 16.4. The van der Waals surface area contributed by atoms with Crippen molar-refractivity contribution in [2.75, 3.05) is 0 Å². The van der Waals surface area contributed by atoms with Crippen LogP contribution in [0.1, 0.15) is 0 Å². The molecule has 0 atom stereocenters. The lowest BCUT2D eigenvalue weighted by molar-refractivity contribution is 1.06. The van der Waals surface area contributed by atoms with Crippen LogP contribution in [-0.2, 0) is 0 Å². The largest absolute Gasteiger partial charge is 0.248 e. The first-order chi connectivity index (χ1) is 45.5. The summed E-state index contributed by atoms with van der Waals surface area (Å²) in [6.45, 7) is 0. The van der Waals surface area contributed by atoms with Crippen LogP contribution >= 0.6 is 0 Å². The van der Waals surface area contributed by atoms with Crippen LogP contribution in [0.5, 0.6) is 0 Å². The van der Waals surface area contributed by atoms with Crippen LogP contribution in [0.4, 0.5) is 0 Å². The summed E-state index contributed by atoms with van der Waals surface area (Å²) in [5.41, 5.74) is 17.1. The number of rotatable bonds is 10. The average molecular weight is 1180 g/mol. The summed E-state index contributed by atoms with van der Waals surface area (Å²) in [5, 5.41) is 6.73. The molecule has 0 aliphatic rings. The Labute approximate surface area is 530 Å². The van der Waals surface area contributed by atoms with Crippen molar-refractivity contribution in [3.8, 4) is 113 Å². The third kappa shape index (κ3) is 11.2. The molecule has 17 rings (SSSR count). The minimum absolute atomic E-state index is 0.528. The van der Waals surface area contributed by atoms with Gasteiger partial charge in [-0.2, -0.15) is 0 Å². The van der Waals surface area contributed by atoms with Crippen molar-refractivity contribution in [2.45, 2.75) is 0 Å². The summed E-state index contributed by atoms with van der Waals surface area (Å²) < 4.78 is 0. The van der Waals surface area contributed by atoms with Crippen LogP contribution in [0.25, 0.3) is 168 Å². The van der Waals surface area contributed by atoms with Gasteiger partial charge in [-0.25, -0.2) is 49.8 Å². The quantitative estimate of drug-likeness (QED) is 0.130. The minimum atomic E-state index is 0.528. The van der Waals surface area contributed by atoms with E-state index in [1.807, 2.05) is 140 Å². The number of fused-ring (bicyclic) bond motifs is 5. The first-order valence-corrected chi connectivity index (χ1v) is 30.4. The Bertz CT molecular complexity index is 5460. The van der Waals surface area contributed by atoms with E-state index >= 15 is 0 Å². The molecule has 92 heavy (non-hydrogen) atoms. The maximum atomic E-state index is 5.13. The van der Waals surface area contributed by atoms with Crippen LogP contribution in [0.3, 0.4) is 0 Å². The molecular formula is C82H52N10. The van der Waals surface area contributed by atoms with Crippen molar-refractivity contribution in [1.29, 1.82) is 0 Å². The first-order valence-electron chi connectivity index (χ1n) is 30.4. The van der Waals surface area contributed by atoms with Gasteiger partial charge < -0.3 is 0 Å². The molecule has 0 fully saturated rings.